The number of nitrogens with zero attached hydrogens (tertiary/aromatic N) is 1. The lowest BCUT2D eigenvalue weighted by molar-refractivity contribution is -0.110. The van der Waals surface area contributed by atoms with Gasteiger partial charge in [-0.05, 0) is 24.5 Å². The van der Waals surface area contributed by atoms with Gasteiger partial charge in [0.25, 0.3) is 0 Å². The van der Waals surface area contributed by atoms with Crippen molar-refractivity contribution in [3.63, 3.8) is 0 Å². The van der Waals surface area contributed by atoms with E-state index in [4.69, 9.17) is 0 Å². The maximum atomic E-state index is 12.5. The number of carbonyl (C=O) groups excluding carboxylic acids is 2. The number of carbonyl (C=O) groups is 2. The van der Waals surface area contributed by atoms with Crippen LogP contribution in [0.25, 0.3) is 10.2 Å². The Labute approximate surface area is 121 Å². The van der Waals surface area contributed by atoms with Crippen molar-refractivity contribution in [1.29, 1.82) is 0 Å². The Morgan fingerprint density at radius 3 is 2.90 bits per heavy atom. The fraction of sp³-hybridized carbons (Fsp3) is 0.400. The van der Waals surface area contributed by atoms with Crippen LogP contribution < -0.4 is 5.32 Å². The summed E-state index contributed by atoms with van der Waals surface area (Å²) < 4.78 is 1.00. The number of thiazole rings is 1. The standard InChI is InChI=1S/C15H16N2O2S/c18-9-16-12(8-10-4-3-5-10)14(19)15-17-11-6-1-2-7-13(11)20-15/h1-2,6-7,9-10,12H,3-5,8H2,(H,16,18). The molecule has 5 heteroatoms. The summed E-state index contributed by atoms with van der Waals surface area (Å²) in [6.45, 7) is 0. The number of para-hydroxylation sites is 1. The lowest BCUT2D eigenvalue weighted by atomic mass is 9.80. The van der Waals surface area contributed by atoms with E-state index in [1.54, 1.807) is 0 Å². The van der Waals surface area contributed by atoms with Gasteiger partial charge in [0.05, 0.1) is 16.3 Å². The van der Waals surface area contributed by atoms with E-state index in [2.05, 4.69) is 10.3 Å². The molecule has 20 heavy (non-hydrogen) atoms. The molecule has 1 saturated carbocycles. The Morgan fingerprint density at radius 2 is 2.25 bits per heavy atom. The minimum atomic E-state index is -0.432. The molecule has 4 nitrogen and oxygen atoms in total. The van der Waals surface area contributed by atoms with Gasteiger partial charge in [-0.1, -0.05) is 31.4 Å². The van der Waals surface area contributed by atoms with E-state index in [1.165, 1.54) is 17.8 Å². The molecule has 0 radical (unpaired) electrons. The summed E-state index contributed by atoms with van der Waals surface area (Å²) in [5, 5.41) is 3.15. The van der Waals surface area contributed by atoms with Gasteiger partial charge < -0.3 is 5.32 Å². The quantitative estimate of drug-likeness (QED) is 0.657. The van der Waals surface area contributed by atoms with Crippen LogP contribution in [0.15, 0.2) is 24.3 Å². The van der Waals surface area contributed by atoms with E-state index >= 15 is 0 Å². The fourth-order valence-electron chi connectivity index (χ4n) is 2.52. The molecule has 1 atom stereocenters. The first-order valence-corrected chi connectivity index (χ1v) is 7.69. The smallest absolute Gasteiger partial charge is 0.213 e. The minimum absolute atomic E-state index is 0.0646. The molecule has 1 fully saturated rings. The van der Waals surface area contributed by atoms with Gasteiger partial charge in [0.15, 0.2) is 5.01 Å². The van der Waals surface area contributed by atoms with Gasteiger partial charge in [-0.15, -0.1) is 11.3 Å². The van der Waals surface area contributed by atoms with E-state index in [9.17, 15) is 9.59 Å². The van der Waals surface area contributed by atoms with Crippen LogP contribution in [0.3, 0.4) is 0 Å². The number of nitrogens with one attached hydrogen (secondary N) is 1. The molecule has 1 unspecified atom stereocenters. The molecule has 3 rings (SSSR count). The number of rotatable bonds is 6. The van der Waals surface area contributed by atoms with Crippen LogP contribution in [-0.2, 0) is 4.79 Å². The molecule has 1 heterocycles. The molecule has 104 valence electrons. The molecular weight excluding hydrogens is 272 g/mol. The van der Waals surface area contributed by atoms with Crippen LogP contribution >= 0.6 is 11.3 Å². The minimum Gasteiger partial charge on any atom is -0.348 e. The first kappa shape index (κ1) is 13.2. The Balaban J connectivity index is 1.81. The summed E-state index contributed by atoms with van der Waals surface area (Å²) in [5.41, 5.74) is 0.842. The summed E-state index contributed by atoms with van der Waals surface area (Å²) in [7, 11) is 0. The first-order valence-electron chi connectivity index (χ1n) is 6.87. The van der Waals surface area contributed by atoms with Crippen molar-refractivity contribution < 1.29 is 9.59 Å². The van der Waals surface area contributed by atoms with Crippen LogP contribution in [0.5, 0.6) is 0 Å². The normalized spacial score (nSPS) is 16.6. The zero-order valence-electron chi connectivity index (χ0n) is 11.0. The molecule has 1 aliphatic rings. The van der Waals surface area contributed by atoms with Gasteiger partial charge >= 0.3 is 0 Å². The lowest BCUT2D eigenvalue weighted by Crippen LogP contribution is -2.38. The zero-order valence-corrected chi connectivity index (χ0v) is 11.9. The van der Waals surface area contributed by atoms with E-state index < -0.39 is 6.04 Å². The predicted molar refractivity (Wildman–Crippen MR) is 78.9 cm³/mol. The Morgan fingerprint density at radius 1 is 1.45 bits per heavy atom. The maximum absolute atomic E-state index is 12.5. The Hall–Kier alpha value is -1.75. The van der Waals surface area contributed by atoms with Gasteiger partial charge in [-0.25, -0.2) is 4.98 Å². The number of amides is 1. The first-order chi connectivity index (χ1) is 9.78. The number of ketones is 1. The maximum Gasteiger partial charge on any atom is 0.213 e. The molecule has 0 spiro atoms. The highest BCUT2D eigenvalue weighted by molar-refractivity contribution is 7.20. The van der Waals surface area contributed by atoms with Crippen molar-refractivity contribution in [2.75, 3.05) is 0 Å². The average Bonchev–Trinajstić information content (AvgIpc) is 2.84. The van der Waals surface area contributed by atoms with Gasteiger partial charge in [0, 0.05) is 0 Å². The molecule has 1 amide bonds. The van der Waals surface area contributed by atoms with E-state index in [-0.39, 0.29) is 5.78 Å². The molecule has 0 aliphatic heterocycles. The van der Waals surface area contributed by atoms with Crippen LogP contribution in [0, 0.1) is 5.92 Å². The highest BCUT2D eigenvalue weighted by atomic mass is 32.1. The highest BCUT2D eigenvalue weighted by Gasteiger charge is 2.28. The summed E-state index contributed by atoms with van der Waals surface area (Å²) in [6.07, 6.45) is 4.89. The van der Waals surface area contributed by atoms with Crippen molar-refractivity contribution in [2.24, 2.45) is 5.92 Å². The number of fused-ring (bicyclic) bond motifs is 1. The van der Waals surface area contributed by atoms with Crippen molar-refractivity contribution in [3.8, 4) is 0 Å². The second kappa shape index (κ2) is 5.71. The van der Waals surface area contributed by atoms with E-state index in [0.717, 1.165) is 29.5 Å². The molecule has 1 aliphatic carbocycles. The average molecular weight is 288 g/mol. The molecule has 0 saturated heterocycles. The molecular formula is C15H16N2O2S. The van der Waals surface area contributed by atoms with Crippen molar-refractivity contribution in [2.45, 2.75) is 31.7 Å². The number of benzene rings is 1. The topological polar surface area (TPSA) is 59.1 Å². The number of aromatic nitrogens is 1. The molecule has 0 bridgehead atoms. The third-order valence-electron chi connectivity index (χ3n) is 3.88. The molecule has 1 aromatic heterocycles. The fourth-order valence-corrected chi connectivity index (χ4v) is 3.48. The van der Waals surface area contributed by atoms with Gasteiger partial charge in [-0.3, -0.25) is 9.59 Å². The number of hydrogen-bond acceptors (Lipinski definition) is 4. The highest BCUT2D eigenvalue weighted by Crippen LogP contribution is 2.31. The zero-order chi connectivity index (χ0) is 13.9. The second-order valence-electron chi connectivity index (χ2n) is 5.22. The van der Waals surface area contributed by atoms with Crippen molar-refractivity contribution in [3.05, 3.63) is 29.3 Å². The number of hydrogen-bond donors (Lipinski definition) is 1. The Kier molecular flexibility index (Phi) is 3.78. The largest absolute Gasteiger partial charge is 0.348 e. The number of Topliss-reactive ketones (excluding diaryl/α,β-unsaturated/α-hetero) is 1. The van der Waals surface area contributed by atoms with Crippen LogP contribution in [0.1, 0.15) is 35.5 Å². The summed E-state index contributed by atoms with van der Waals surface area (Å²) in [4.78, 5) is 27.6. The SMILES string of the molecule is O=CNC(CC1CCC1)C(=O)c1nc2ccccc2s1. The van der Waals surface area contributed by atoms with Crippen LogP contribution in [0.4, 0.5) is 0 Å². The van der Waals surface area contributed by atoms with Gasteiger partial charge in [0.2, 0.25) is 12.2 Å². The van der Waals surface area contributed by atoms with Gasteiger partial charge in [0.1, 0.15) is 0 Å². The monoisotopic (exact) mass is 288 g/mol. The van der Waals surface area contributed by atoms with Gasteiger partial charge in [-0.2, -0.15) is 0 Å². The van der Waals surface area contributed by atoms with Crippen LogP contribution in [0.2, 0.25) is 0 Å². The van der Waals surface area contributed by atoms with E-state index in [0.29, 0.717) is 17.3 Å². The second-order valence-corrected chi connectivity index (χ2v) is 6.25. The summed E-state index contributed by atoms with van der Waals surface area (Å²) in [5.74, 6) is 0.496. The lowest BCUT2D eigenvalue weighted by Gasteiger charge is -2.28. The molecule has 2 aromatic rings. The predicted octanol–water partition coefficient (Wildman–Crippen LogP) is 2.78. The van der Waals surface area contributed by atoms with E-state index in [1.807, 2.05) is 24.3 Å². The van der Waals surface area contributed by atoms with Crippen molar-refractivity contribution in [1.82, 2.24) is 10.3 Å². The summed E-state index contributed by atoms with van der Waals surface area (Å²) in [6, 6.07) is 7.27. The third kappa shape index (κ3) is 2.58. The summed E-state index contributed by atoms with van der Waals surface area (Å²) >= 11 is 1.40. The Bertz CT molecular complexity index is 601. The van der Waals surface area contributed by atoms with Crippen molar-refractivity contribution >= 4 is 33.7 Å². The van der Waals surface area contributed by atoms with Crippen LogP contribution in [-0.4, -0.2) is 23.2 Å². The molecule has 1 N–H and O–H groups in total. The third-order valence-corrected chi connectivity index (χ3v) is 4.94. The molecule has 1 aromatic carbocycles.